The highest BCUT2D eigenvalue weighted by Crippen LogP contribution is 2.46. The number of benzene rings is 2. The predicted molar refractivity (Wildman–Crippen MR) is 188 cm³/mol. The first-order valence-electron chi connectivity index (χ1n) is 16.2. The van der Waals surface area contributed by atoms with Crippen LogP contribution in [0.2, 0.25) is 0 Å². The molecule has 2 aromatic carbocycles. The molecule has 1 amide bonds. The molecule has 246 valence electrons. The van der Waals surface area contributed by atoms with Crippen molar-refractivity contribution < 1.29 is 18.7 Å². The highest BCUT2D eigenvalue weighted by Gasteiger charge is 2.34. The van der Waals surface area contributed by atoms with E-state index in [1.807, 2.05) is 18.5 Å². The fourth-order valence-corrected chi connectivity index (χ4v) is 7.97. The molecule has 1 saturated heterocycles. The zero-order valence-corrected chi connectivity index (χ0v) is 27.8. The van der Waals surface area contributed by atoms with Gasteiger partial charge in [-0.05, 0) is 79.2 Å². The third-order valence-corrected chi connectivity index (χ3v) is 10.4. The molecule has 5 aromatic rings. The quantitative estimate of drug-likeness (QED) is 0.141. The second kappa shape index (κ2) is 13.5. The number of thiophene rings is 1. The van der Waals surface area contributed by atoms with Crippen LogP contribution >= 0.6 is 11.3 Å². The number of carbonyl (C=O) groups is 1. The van der Waals surface area contributed by atoms with Crippen LogP contribution in [0.4, 0.5) is 4.39 Å². The average molecular weight is 665 g/mol. The molecule has 0 bridgehead atoms. The van der Waals surface area contributed by atoms with Gasteiger partial charge in [0.15, 0.2) is 0 Å². The van der Waals surface area contributed by atoms with E-state index in [1.165, 1.54) is 29.3 Å². The second-order valence-corrected chi connectivity index (χ2v) is 13.2. The molecule has 10 heteroatoms. The molecule has 0 radical (unpaired) electrons. The van der Waals surface area contributed by atoms with Crippen LogP contribution < -0.4 is 15.6 Å². The zero-order valence-electron chi connectivity index (χ0n) is 27.0. The monoisotopic (exact) mass is 664 g/mol. The summed E-state index contributed by atoms with van der Waals surface area (Å²) >= 11 is 1.59. The van der Waals surface area contributed by atoms with E-state index >= 15 is 0 Å². The first kappa shape index (κ1) is 31.9. The molecule has 0 unspecified atom stereocenters. The molecule has 0 spiro atoms. The third-order valence-electron chi connectivity index (χ3n) is 9.47. The Balaban J connectivity index is 1.45. The van der Waals surface area contributed by atoms with Crippen LogP contribution in [0.15, 0.2) is 83.6 Å². The van der Waals surface area contributed by atoms with Gasteiger partial charge in [-0.2, -0.15) is 0 Å². The van der Waals surface area contributed by atoms with Crippen LogP contribution in [0.1, 0.15) is 30.5 Å². The van der Waals surface area contributed by atoms with Crippen LogP contribution in [0, 0.1) is 5.82 Å². The van der Waals surface area contributed by atoms with Gasteiger partial charge in [0.1, 0.15) is 18.2 Å². The summed E-state index contributed by atoms with van der Waals surface area (Å²) in [6, 6.07) is 16.1. The van der Waals surface area contributed by atoms with Gasteiger partial charge in [0, 0.05) is 70.9 Å². The fraction of sp³-hybridized carbons (Fsp3) is 0.289. The Morgan fingerprint density at radius 2 is 1.96 bits per heavy atom. The SMILES string of the molecule is C=CC(=O)N1CC[C@H](n2cc(-c3nc(-c4ccc5c(c4)CCNC5)c4ccsc4c3-c3ccc(F)cc3OCCOC)ccc2=O)[C@H]1C. The van der Waals surface area contributed by atoms with Crippen LogP contribution in [0.5, 0.6) is 5.75 Å². The Labute approximate surface area is 282 Å². The maximum atomic E-state index is 14.7. The summed E-state index contributed by atoms with van der Waals surface area (Å²) in [5, 5.41) is 6.47. The summed E-state index contributed by atoms with van der Waals surface area (Å²) in [6.45, 7) is 8.51. The minimum absolute atomic E-state index is 0.149. The summed E-state index contributed by atoms with van der Waals surface area (Å²) in [7, 11) is 1.59. The summed E-state index contributed by atoms with van der Waals surface area (Å²) in [6.07, 6.45) is 4.75. The lowest BCUT2D eigenvalue weighted by molar-refractivity contribution is -0.126. The molecule has 7 rings (SSSR count). The zero-order chi connectivity index (χ0) is 33.4. The first-order chi connectivity index (χ1) is 23.4. The number of nitrogens with one attached hydrogen (secondary N) is 1. The smallest absolute Gasteiger partial charge is 0.250 e. The molecule has 0 saturated carbocycles. The highest BCUT2D eigenvalue weighted by molar-refractivity contribution is 7.18. The van der Waals surface area contributed by atoms with Gasteiger partial charge in [-0.1, -0.05) is 18.7 Å². The maximum absolute atomic E-state index is 14.7. The minimum atomic E-state index is -0.411. The third kappa shape index (κ3) is 5.85. The number of aromatic nitrogens is 2. The Morgan fingerprint density at radius 3 is 2.79 bits per heavy atom. The van der Waals surface area contributed by atoms with Crippen molar-refractivity contribution in [2.45, 2.75) is 38.4 Å². The summed E-state index contributed by atoms with van der Waals surface area (Å²) in [5.74, 6) is -0.176. The molecular weight excluding hydrogens is 628 g/mol. The predicted octanol–water partition coefficient (Wildman–Crippen LogP) is 6.62. The number of hydrogen-bond donors (Lipinski definition) is 1. The Kier molecular flexibility index (Phi) is 8.96. The number of nitrogens with zero attached hydrogens (tertiary/aromatic N) is 3. The van der Waals surface area contributed by atoms with Crippen molar-refractivity contribution in [3.05, 3.63) is 106 Å². The lowest BCUT2D eigenvalue weighted by atomic mass is 9.93. The van der Waals surface area contributed by atoms with E-state index in [-0.39, 0.29) is 30.2 Å². The van der Waals surface area contributed by atoms with E-state index in [0.717, 1.165) is 52.0 Å². The van der Waals surface area contributed by atoms with Gasteiger partial charge in [0.2, 0.25) is 5.91 Å². The minimum Gasteiger partial charge on any atom is -0.490 e. The normalized spacial score (nSPS) is 17.4. The van der Waals surface area contributed by atoms with Gasteiger partial charge >= 0.3 is 0 Å². The van der Waals surface area contributed by atoms with Crippen molar-refractivity contribution in [1.82, 2.24) is 19.8 Å². The van der Waals surface area contributed by atoms with E-state index in [2.05, 4.69) is 36.2 Å². The number of fused-ring (bicyclic) bond motifs is 2. The highest BCUT2D eigenvalue weighted by atomic mass is 32.1. The molecule has 48 heavy (non-hydrogen) atoms. The molecule has 1 N–H and O–H groups in total. The maximum Gasteiger partial charge on any atom is 0.250 e. The molecule has 1 fully saturated rings. The molecule has 5 heterocycles. The number of pyridine rings is 2. The van der Waals surface area contributed by atoms with Gasteiger partial charge in [-0.15, -0.1) is 11.3 Å². The second-order valence-electron chi connectivity index (χ2n) is 12.2. The van der Waals surface area contributed by atoms with Crippen molar-refractivity contribution in [2.24, 2.45) is 0 Å². The number of ether oxygens (including phenoxy) is 2. The number of carbonyl (C=O) groups excluding carboxylic acids is 1. The molecular formula is C38H37FN4O4S. The van der Waals surface area contributed by atoms with E-state index in [9.17, 15) is 14.0 Å². The number of methoxy groups -OCH3 is 1. The van der Waals surface area contributed by atoms with Crippen molar-refractivity contribution >= 4 is 27.3 Å². The lowest BCUT2D eigenvalue weighted by Gasteiger charge is -2.25. The van der Waals surface area contributed by atoms with E-state index < -0.39 is 5.82 Å². The van der Waals surface area contributed by atoms with Gasteiger partial charge < -0.3 is 24.3 Å². The lowest BCUT2D eigenvalue weighted by Crippen LogP contribution is -2.37. The van der Waals surface area contributed by atoms with E-state index in [1.54, 1.807) is 46.1 Å². The van der Waals surface area contributed by atoms with Gasteiger partial charge in [-0.25, -0.2) is 9.37 Å². The van der Waals surface area contributed by atoms with Gasteiger partial charge in [0.25, 0.3) is 5.56 Å². The van der Waals surface area contributed by atoms with Crippen molar-refractivity contribution in [1.29, 1.82) is 0 Å². The average Bonchev–Trinajstić information content (AvgIpc) is 3.75. The number of halogens is 1. The summed E-state index contributed by atoms with van der Waals surface area (Å²) in [4.78, 5) is 33.1. The molecule has 0 aliphatic carbocycles. The summed E-state index contributed by atoms with van der Waals surface area (Å²) < 4.78 is 28.7. The van der Waals surface area contributed by atoms with E-state index in [0.29, 0.717) is 36.6 Å². The molecule has 2 aliphatic rings. The topological polar surface area (TPSA) is 85.7 Å². The number of amides is 1. The van der Waals surface area contributed by atoms with E-state index in [4.69, 9.17) is 14.5 Å². The van der Waals surface area contributed by atoms with Gasteiger partial charge in [-0.3, -0.25) is 9.59 Å². The number of likely N-dealkylation sites (tertiary alicyclic amines) is 1. The molecule has 2 atom stereocenters. The Bertz CT molecular complexity index is 2090. The Morgan fingerprint density at radius 1 is 1.10 bits per heavy atom. The molecule has 3 aromatic heterocycles. The van der Waals surface area contributed by atoms with Crippen LogP contribution in [-0.2, 0) is 22.5 Å². The largest absolute Gasteiger partial charge is 0.490 e. The fourth-order valence-electron chi connectivity index (χ4n) is 7.01. The van der Waals surface area contributed by atoms with Crippen molar-refractivity contribution in [3.8, 4) is 39.4 Å². The summed E-state index contributed by atoms with van der Waals surface area (Å²) in [5.41, 5.74) is 7.16. The number of hydrogen-bond acceptors (Lipinski definition) is 7. The Hall–Kier alpha value is -4.64. The first-order valence-corrected chi connectivity index (χ1v) is 17.1. The van der Waals surface area contributed by atoms with Crippen molar-refractivity contribution in [3.63, 3.8) is 0 Å². The van der Waals surface area contributed by atoms with Crippen LogP contribution in [0.3, 0.4) is 0 Å². The molecule has 2 aliphatic heterocycles. The van der Waals surface area contributed by atoms with Crippen LogP contribution in [0.25, 0.3) is 43.7 Å². The van der Waals surface area contributed by atoms with Crippen molar-refractivity contribution in [2.75, 3.05) is 33.4 Å². The van der Waals surface area contributed by atoms with Gasteiger partial charge in [0.05, 0.1) is 30.1 Å². The number of rotatable bonds is 9. The molecule has 8 nitrogen and oxygen atoms in total. The standard InChI is InChI=1S/C38H37FN4O4S/c1-4-33(44)42-15-12-31(23(42)2)43-22-27(7-10-34(43)45)37-35(29-9-8-28(39)20-32(29)47-17-16-46-3)38-30(13-18-48-38)36(41-37)25-5-6-26-21-40-14-11-24(26)19-25/h4-10,13,18-20,22-23,31,40H,1,11-12,14-17,21H2,2-3H3/t23-,31+/m1/s1. The van der Waals surface area contributed by atoms with Crippen LogP contribution in [-0.4, -0.2) is 59.8 Å².